The molecule has 0 aliphatic carbocycles. The van der Waals surface area contributed by atoms with Crippen molar-refractivity contribution in [3.8, 4) is 0 Å². The number of fused-ring (bicyclic) bond motifs is 1. The molecule has 0 unspecified atom stereocenters. The number of nitrogens with zero attached hydrogens (tertiary/aromatic N) is 1. The first kappa shape index (κ1) is 15.9. The van der Waals surface area contributed by atoms with Crippen molar-refractivity contribution in [2.45, 2.75) is 44.1 Å². The van der Waals surface area contributed by atoms with Gasteiger partial charge in [0.05, 0.1) is 11.4 Å². The summed E-state index contributed by atoms with van der Waals surface area (Å²) in [5.41, 5.74) is 0.0907. The number of rotatable bonds is 4. The molecule has 2 fully saturated rings. The highest BCUT2D eigenvalue weighted by atomic mass is 32.2. The standard InChI is InChI=1S/C15H18N2O5S/c1-8-10(14(20)21)5-9(22-8)6-16-13(19)11-7-23-15(2)4-3-12(18)17(11)15/h5,11H,3-4,6-7H2,1-2H3,(H,16,19)(H,20,21)/t11-,15+/m1/s1. The van der Waals surface area contributed by atoms with Gasteiger partial charge in [0.25, 0.3) is 0 Å². The Labute approximate surface area is 137 Å². The van der Waals surface area contributed by atoms with Gasteiger partial charge in [0.2, 0.25) is 11.8 Å². The molecule has 8 heteroatoms. The van der Waals surface area contributed by atoms with Crippen LogP contribution in [0.3, 0.4) is 0 Å². The van der Waals surface area contributed by atoms with Crippen molar-refractivity contribution in [1.29, 1.82) is 0 Å². The maximum absolute atomic E-state index is 12.4. The predicted molar refractivity (Wildman–Crippen MR) is 83.0 cm³/mol. The van der Waals surface area contributed by atoms with Gasteiger partial charge in [-0.3, -0.25) is 9.59 Å². The van der Waals surface area contributed by atoms with E-state index in [1.165, 1.54) is 6.07 Å². The van der Waals surface area contributed by atoms with E-state index in [0.29, 0.717) is 23.7 Å². The molecule has 2 N–H and O–H groups in total. The van der Waals surface area contributed by atoms with Crippen LogP contribution < -0.4 is 5.32 Å². The third-order valence-electron chi connectivity index (χ3n) is 4.38. The van der Waals surface area contributed by atoms with Crippen molar-refractivity contribution < 1.29 is 23.9 Å². The van der Waals surface area contributed by atoms with Gasteiger partial charge >= 0.3 is 5.97 Å². The Morgan fingerprint density at radius 3 is 2.96 bits per heavy atom. The van der Waals surface area contributed by atoms with Gasteiger partial charge in [-0.05, 0) is 26.3 Å². The SMILES string of the molecule is Cc1oc(CNC(=O)[C@H]2CS[C@@]3(C)CCC(=O)N23)cc1C(=O)O. The average Bonchev–Trinajstić information content (AvgIpc) is 3.11. The summed E-state index contributed by atoms with van der Waals surface area (Å²) < 4.78 is 5.34. The van der Waals surface area contributed by atoms with Crippen molar-refractivity contribution in [2.75, 3.05) is 5.75 Å². The first-order chi connectivity index (χ1) is 10.8. The molecule has 0 aromatic carbocycles. The van der Waals surface area contributed by atoms with Crippen molar-refractivity contribution >= 4 is 29.5 Å². The van der Waals surface area contributed by atoms with E-state index in [0.717, 1.165) is 6.42 Å². The summed E-state index contributed by atoms with van der Waals surface area (Å²) >= 11 is 1.63. The van der Waals surface area contributed by atoms with E-state index < -0.39 is 12.0 Å². The molecule has 2 saturated heterocycles. The number of aromatic carboxylic acids is 1. The fourth-order valence-corrected chi connectivity index (χ4v) is 4.58. The fraction of sp³-hybridized carbons (Fsp3) is 0.533. The monoisotopic (exact) mass is 338 g/mol. The van der Waals surface area contributed by atoms with Gasteiger partial charge in [0, 0.05) is 12.2 Å². The molecule has 0 spiro atoms. The van der Waals surface area contributed by atoms with Gasteiger partial charge < -0.3 is 19.7 Å². The van der Waals surface area contributed by atoms with Crippen LogP contribution in [0.25, 0.3) is 0 Å². The second kappa shape index (κ2) is 5.59. The van der Waals surface area contributed by atoms with Crippen LogP contribution >= 0.6 is 11.8 Å². The van der Waals surface area contributed by atoms with Crippen molar-refractivity contribution in [3.05, 3.63) is 23.2 Å². The second-order valence-electron chi connectivity index (χ2n) is 5.97. The fourth-order valence-electron chi connectivity index (χ4n) is 3.15. The van der Waals surface area contributed by atoms with Crippen LogP contribution in [0, 0.1) is 6.92 Å². The molecule has 3 rings (SSSR count). The number of thioether (sulfide) groups is 1. The van der Waals surface area contributed by atoms with Gasteiger partial charge in [-0.2, -0.15) is 0 Å². The zero-order chi connectivity index (χ0) is 16.8. The molecule has 2 aliphatic rings. The third-order valence-corrected chi connectivity index (χ3v) is 5.89. The van der Waals surface area contributed by atoms with E-state index in [1.54, 1.807) is 23.6 Å². The van der Waals surface area contributed by atoms with Crippen LogP contribution in [-0.2, 0) is 16.1 Å². The smallest absolute Gasteiger partial charge is 0.339 e. The molecule has 124 valence electrons. The molecule has 1 aromatic rings. The van der Waals surface area contributed by atoms with Gasteiger partial charge in [0.1, 0.15) is 23.1 Å². The maximum Gasteiger partial charge on any atom is 0.339 e. The van der Waals surface area contributed by atoms with Crippen LogP contribution in [0.5, 0.6) is 0 Å². The molecule has 7 nitrogen and oxygen atoms in total. The number of nitrogens with one attached hydrogen (secondary N) is 1. The largest absolute Gasteiger partial charge is 0.478 e. The van der Waals surface area contributed by atoms with Crippen molar-refractivity contribution in [3.63, 3.8) is 0 Å². The Bertz CT molecular complexity index is 685. The molecule has 2 aliphatic heterocycles. The Kier molecular flexibility index (Phi) is 3.87. The summed E-state index contributed by atoms with van der Waals surface area (Å²) in [5, 5.41) is 11.7. The molecule has 3 heterocycles. The molecule has 1 aromatic heterocycles. The highest BCUT2D eigenvalue weighted by Crippen LogP contribution is 2.47. The van der Waals surface area contributed by atoms with E-state index in [2.05, 4.69) is 5.32 Å². The van der Waals surface area contributed by atoms with Gasteiger partial charge in [-0.15, -0.1) is 11.8 Å². The number of carboxylic acid groups (broad SMARTS) is 1. The summed E-state index contributed by atoms with van der Waals surface area (Å²) in [5.74, 6) is -0.0163. The lowest BCUT2D eigenvalue weighted by atomic mass is 10.2. The summed E-state index contributed by atoms with van der Waals surface area (Å²) in [6.07, 6.45) is 1.24. The zero-order valence-corrected chi connectivity index (χ0v) is 13.7. The van der Waals surface area contributed by atoms with E-state index in [9.17, 15) is 14.4 Å². The summed E-state index contributed by atoms with van der Waals surface area (Å²) in [6.45, 7) is 3.66. The first-order valence-corrected chi connectivity index (χ1v) is 8.37. The number of carboxylic acids is 1. The second-order valence-corrected chi connectivity index (χ2v) is 7.47. The number of carbonyl (C=O) groups is 3. The van der Waals surface area contributed by atoms with E-state index in [-0.39, 0.29) is 28.8 Å². The van der Waals surface area contributed by atoms with E-state index in [1.807, 2.05) is 6.92 Å². The van der Waals surface area contributed by atoms with E-state index in [4.69, 9.17) is 9.52 Å². The molecule has 2 amide bonds. The summed E-state index contributed by atoms with van der Waals surface area (Å²) in [4.78, 5) is 36.8. The van der Waals surface area contributed by atoms with Crippen LogP contribution in [0.15, 0.2) is 10.5 Å². The lowest BCUT2D eigenvalue weighted by Crippen LogP contribution is -2.49. The minimum Gasteiger partial charge on any atom is -0.478 e. The number of hydrogen-bond donors (Lipinski definition) is 2. The van der Waals surface area contributed by atoms with Crippen LogP contribution in [-0.4, -0.2) is 44.5 Å². The zero-order valence-electron chi connectivity index (χ0n) is 12.9. The minimum absolute atomic E-state index is 0.0136. The molecule has 0 bridgehead atoms. The Hall–Kier alpha value is -1.96. The molecule has 2 atom stereocenters. The number of carbonyl (C=O) groups excluding carboxylic acids is 2. The number of amides is 2. The Balaban J connectivity index is 1.65. The summed E-state index contributed by atoms with van der Waals surface area (Å²) in [6, 6.07) is 0.932. The lowest BCUT2D eigenvalue weighted by molar-refractivity contribution is -0.138. The average molecular weight is 338 g/mol. The van der Waals surface area contributed by atoms with Crippen molar-refractivity contribution in [2.24, 2.45) is 0 Å². The number of hydrogen-bond acceptors (Lipinski definition) is 5. The van der Waals surface area contributed by atoms with Gasteiger partial charge in [0.15, 0.2) is 0 Å². The van der Waals surface area contributed by atoms with Gasteiger partial charge in [-0.1, -0.05) is 0 Å². The number of furan rings is 1. The predicted octanol–water partition coefficient (Wildman–Crippen LogP) is 1.36. The normalized spacial score (nSPS) is 26.4. The first-order valence-electron chi connectivity index (χ1n) is 7.38. The Morgan fingerprint density at radius 2 is 2.30 bits per heavy atom. The highest BCUT2D eigenvalue weighted by Gasteiger charge is 2.52. The van der Waals surface area contributed by atoms with Crippen LogP contribution in [0.4, 0.5) is 0 Å². The van der Waals surface area contributed by atoms with Crippen molar-refractivity contribution in [1.82, 2.24) is 10.2 Å². The molecule has 23 heavy (non-hydrogen) atoms. The highest BCUT2D eigenvalue weighted by molar-refractivity contribution is 8.01. The molecule has 0 saturated carbocycles. The summed E-state index contributed by atoms with van der Waals surface area (Å²) in [7, 11) is 0. The molecular weight excluding hydrogens is 320 g/mol. The number of aryl methyl sites for hydroxylation is 1. The minimum atomic E-state index is -1.06. The lowest BCUT2D eigenvalue weighted by Gasteiger charge is -2.29. The maximum atomic E-state index is 12.4. The topological polar surface area (TPSA) is 99.9 Å². The molecule has 0 radical (unpaired) electrons. The Morgan fingerprint density at radius 1 is 1.57 bits per heavy atom. The molecular formula is C15H18N2O5S. The quantitative estimate of drug-likeness (QED) is 0.860. The third kappa shape index (κ3) is 2.71. The van der Waals surface area contributed by atoms with Crippen LogP contribution in [0.1, 0.15) is 41.6 Å². The van der Waals surface area contributed by atoms with Crippen LogP contribution in [0.2, 0.25) is 0 Å². The van der Waals surface area contributed by atoms with E-state index >= 15 is 0 Å². The van der Waals surface area contributed by atoms with Gasteiger partial charge in [-0.25, -0.2) is 4.79 Å².